The van der Waals surface area contributed by atoms with Crippen LogP contribution in [0.5, 0.6) is 0 Å². The maximum Gasteiger partial charge on any atom is 0.112 e. The smallest absolute Gasteiger partial charge is 0.112 e. The van der Waals surface area contributed by atoms with Crippen LogP contribution < -0.4 is 0 Å². The van der Waals surface area contributed by atoms with Crippen molar-refractivity contribution in [1.29, 1.82) is 0 Å². The average molecular weight is 348 g/mol. The SMILES string of the molecule is CSc1cccc(Cl)c1CC(O)N1CCc2ccccc2[C@@H]1C. The first-order valence-electron chi connectivity index (χ1n) is 7.94. The van der Waals surface area contributed by atoms with Crippen molar-refractivity contribution in [3.05, 3.63) is 64.2 Å². The maximum absolute atomic E-state index is 10.8. The molecule has 0 saturated heterocycles. The monoisotopic (exact) mass is 347 g/mol. The summed E-state index contributed by atoms with van der Waals surface area (Å²) in [7, 11) is 0. The van der Waals surface area contributed by atoms with Gasteiger partial charge < -0.3 is 5.11 Å². The fraction of sp³-hybridized carbons (Fsp3) is 0.368. The summed E-state index contributed by atoms with van der Waals surface area (Å²) in [6.45, 7) is 3.04. The molecule has 122 valence electrons. The van der Waals surface area contributed by atoms with Crippen LogP contribution in [0.4, 0.5) is 0 Å². The minimum atomic E-state index is -0.524. The Labute approximate surface area is 147 Å². The summed E-state index contributed by atoms with van der Waals surface area (Å²) < 4.78 is 0. The van der Waals surface area contributed by atoms with Crippen molar-refractivity contribution in [2.45, 2.75) is 36.9 Å². The largest absolute Gasteiger partial charge is 0.378 e. The van der Waals surface area contributed by atoms with Gasteiger partial charge in [-0.25, -0.2) is 0 Å². The summed E-state index contributed by atoms with van der Waals surface area (Å²) in [4.78, 5) is 3.32. The average Bonchev–Trinajstić information content (AvgIpc) is 2.57. The van der Waals surface area contributed by atoms with Crippen LogP contribution >= 0.6 is 23.4 Å². The highest BCUT2D eigenvalue weighted by atomic mass is 35.5. The first kappa shape index (κ1) is 16.8. The minimum Gasteiger partial charge on any atom is -0.378 e. The Hall–Kier alpha value is -1.00. The number of hydrogen-bond acceptors (Lipinski definition) is 3. The van der Waals surface area contributed by atoms with E-state index >= 15 is 0 Å². The summed E-state index contributed by atoms with van der Waals surface area (Å²) in [5.74, 6) is 0. The first-order valence-corrected chi connectivity index (χ1v) is 9.55. The van der Waals surface area contributed by atoms with Gasteiger partial charge >= 0.3 is 0 Å². The van der Waals surface area contributed by atoms with Crippen molar-refractivity contribution in [2.75, 3.05) is 12.8 Å². The van der Waals surface area contributed by atoms with Crippen molar-refractivity contribution < 1.29 is 5.11 Å². The van der Waals surface area contributed by atoms with E-state index in [0.717, 1.165) is 28.4 Å². The Morgan fingerprint density at radius 2 is 2.04 bits per heavy atom. The maximum atomic E-state index is 10.8. The minimum absolute atomic E-state index is 0.218. The quantitative estimate of drug-likeness (QED) is 0.821. The van der Waals surface area contributed by atoms with Crippen LogP contribution in [0.15, 0.2) is 47.4 Å². The number of halogens is 1. The van der Waals surface area contributed by atoms with Crippen LogP contribution in [0.25, 0.3) is 0 Å². The number of aliphatic hydroxyl groups is 1. The third-order valence-electron chi connectivity index (χ3n) is 4.71. The van der Waals surface area contributed by atoms with Crippen molar-refractivity contribution >= 4 is 23.4 Å². The summed E-state index contributed by atoms with van der Waals surface area (Å²) in [6, 6.07) is 14.7. The van der Waals surface area contributed by atoms with Crippen LogP contribution in [0.2, 0.25) is 5.02 Å². The van der Waals surface area contributed by atoms with E-state index in [2.05, 4.69) is 42.2 Å². The molecule has 1 aliphatic heterocycles. The van der Waals surface area contributed by atoms with Crippen LogP contribution in [0.1, 0.15) is 29.7 Å². The molecule has 3 rings (SSSR count). The number of nitrogens with zero attached hydrogens (tertiary/aromatic N) is 1. The number of fused-ring (bicyclic) bond motifs is 1. The second-order valence-corrected chi connectivity index (χ2v) is 7.22. The van der Waals surface area contributed by atoms with Gasteiger partial charge in [-0.1, -0.05) is 41.9 Å². The number of aliphatic hydroxyl groups excluding tert-OH is 1. The predicted molar refractivity (Wildman–Crippen MR) is 98.2 cm³/mol. The van der Waals surface area contributed by atoms with Gasteiger partial charge in [0, 0.05) is 28.9 Å². The van der Waals surface area contributed by atoms with Crippen molar-refractivity contribution in [3.63, 3.8) is 0 Å². The Morgan fingerprint density at radius 3 is 2.83 bits per heavy atom. The number of rotatable bonds is 4. The van der Waals surface area contributed by atoms with Gasteiger partial charge in [0.2, 0.25) is 0 Å². The molecular formula is C19H22ClNOS. The number of thioether (sulfide) groups is 1. The second-order valence-electron chi connectivity index (χ2n) is 5.97. The standard InChI is InChI=1S/C19H22ClNOS/c1-13-15-7-4-3-6-14(15)10-11-21(13)19(22)12-16-17(20)8-5-9-18(16)23-2/h3-9,13,19,22H,10-12H2,1-2H3/t13-,19?/m0/s1. The summed E-state index contributed by atoms with van der Waals surface area (Å²) in [6.07, 6.45) is 3.06. The zero-order valence-electron chi connectivity index (χ0n) is 13.5. The summed E-state index contributed by atoms with van der Waals surface area (Å²) in [5, 5.41) is 11.6. The van der Waals surface area contributed by atoms with E-state index in [0.29, 0.717) is 6.42 Å². The fourth-order valence-electron chi connectivity index (χ4n) is 3.43. The molecule has 1 aliphatic rings. The molecule has 0 radical (unpaired) electrons. The van der Waals surface area contributed by atoms with Gasteiger partial charge in [-0.3, -0.25) is 4.90 Å². The van der Waals surface area contributed by atoms with E-state index in [1.807, 2.05) is 18.4 Å². The van der Waals surface area contributed by atoms with Gasteiger partial charge in [0.1, 0.15) is 6.23 Å². The Balaban J connectivity index is 1.81. The van der Waals surface area contributed by atoms with E-state index in [9.17, 15) is 5.11 Å². The normalized spacial score (nSPS) is 19.4. The molecule has 1 unspecified atom stereocenters. The van der Waals surface area contributed by atoms with Crippen molar-refractivity contribution in [2.24, 2.45) is 0 Å². The lowest BCUT2D eigenvalue weighted by Gasteiger charge is -2.38. The number of hydrogen-bond donors (Lipinski definition) is 1. The molecule has 0 amide bonds. The van der Waals surface area contributed by atoms with E-state index in [4.69, 9.17) is 11.6 Å². The third kappa shape index (κ3) is 3.43. The lowest BCUT2D eigenvalue weighted by atomic mass is 9.93. The van der Waals surface area contributed by atoms with E-state index < -0.39 is 6.23 Å². The molecule has 2 atom stereocenters. The Kier molecular flexibility index (Phi) is 5.32. The first-order chi connectivity index (χ1) is 11.1. The zero-order chi connectivity index (χ0) is 16.4. The highest BCUT2D eigenvalue weighted by molar-refractivity contribution is 7.98. The van der Waals surface area contributed by atoms with Gasteiger partial charge in [-0.15, -0.1) is 11.8 Å². The molecule has 0 fully saturated rings. The van der Waals surface area contributed by atoms with Gasteiger partial charge in [-0.2, -0.15) is 0 Å². The molecule has 2 aromatic rings. The summed E-state index contributed by atoms with van der Waals surface area (Å²) in [5.41, 5.74) is 3.76. The lowest BCUT2D eigenvalue weighted by molar-refractivity contribution is -0.0254. The molecule has 0 bridgehead atoms. The Morgan fingerprint density at radius 1 is 1.26 bits per heavy atom. The van der Waals surface area contributed by atoms with Crippen LogP contribution in [-0.2, 0) is 12.8 Å². The third-order valence-corrected chi connectivity index (χ3v) is 5.88. The second kappa shape index (κ2) is 7.27. The fourth-order valence-corrected chi connectivity index (χ4v) is 4.39. The molecule has 2 nitrogen and oxygen atoms in total. The van der Waals surface area contributed by atoms with Crippen molar-refractivity contribution in [3.8, 4) is 0 Å². The highest BCUT2D eigenvalue weighted by Gasteiger charge is 2.29. The molecule has 0 aromatic heterocycles. The highest BCUT2D eigenvalue weighted by Crippen LogP contribution is 2.33. The van der Waals surface area contributed by atoms with E-state index in [1.54, 1.807) is 11.8 Å². The molecule has 0 spiro atoms. The topological polar surface area (TPSA) is 23.5 Å². The molecule has 1 heterocycles. The lowest BCUT2D eigenvalue weighted by Crippen LogP contribution is -2.43. The van der Waals surface area contributed by atoms with Gasteiger partial charge in [0.15, 0.2) is 0 Å². The molecule has 1 N–H and O–H groups in total. The molecular weight excluding hydrogens is 326 g/mol. The van der Waals surface area contributed by atoms with Crippen LogP contribution in [-0.4, -0.2) is 29.0 Å². The van der Waals surface area contributed by atoms with Gasteiger partial charge in [0.25, 0.3) is 0 Å². The zero-order valence-corrected chi connectivity index (χ0v) is 15.1. The van der Waals surface area contributed by atoms with E-state index in [1.165, 1.54) is 11.1 Å². The van der Waals surface area contributed by atoms with Crippen molar-refractivity contribution in [1.82, 2.24) is 4.90 Å². The molecule has 0 aliphatic carbocycles. The van der Waals surface area contributed by atoms with E-state index in [-0.39, 0.29) is 6.04 Å². The predicted octanol–water partition coefficient (Wildman–Crippen LogP) is 4.54. The molecule has 2 aromatic carbocycles. The van der Waals surface area contributed by atoms with Crippen LogP contribution in [0.3, 0.4) is 0 Å². The molecule has 23 heavy (non-hydrogen) atoms. The molecule has 4 heteroatoms. The van der Waals surface area contributed by atoms with Gasteiger partial charge in [0.05, 0.1) is 0 Å². The molecule has 0 saturated carbocycles. The van der Waals surface area contributed by atoms with Crippen LogP contribution in [0, 0.1) is 0 Å². The number of benzene rings is 2. The summed E-state index contributed by atoms with van der Waals surface area (Å²) >= 11 is 8.04. The Bertz CT molecular complexity index is 691. The van der Waals surface area contributed by atoms with Gasteiger partial charge in [-0.05, 0) is 48.4 Å².